The molecule has 0 unspecified atom stereocenters. The van der Waals surface area contributed by atoms with Crippen LogP contribution in [0.25, 0.3) is 0 Å². The molecule has 5 heteroatoms. The van der Waals surface area contributed by atoms with Crippen LogP contribution in [0, 0.1) is 5.92 Å². The number of carbonyl (C=O) groups is 1. The molecule has 2 saturated heterocycles. The third-order valence-corrected chi connectivity index (χ3v) is 6.76. The molecule has 0 aromatic heterocycles. The number of rotatable bonds is 7. The number of amides is 1. The number of halogens is 1. The molecule has 0 spiro atoms. The summed E-state index contributed by atoms with van der Waals surface area (Å²) in [6.45, 7) is 6.60. The third-order valence-electron chi connectivity index (χ3n) is 6.39. The summed E-state index contributed by atoms with van der Waals surface area (Å²) in [6, 6.07) is 16.5. The number of piperidine rings is 1. The number of nitrogens with one attached hydrogen (secondary N) is 1. The van der Waals surface area contributed by atoms with Gasteiger partial charge in [-0.1, -0.05) is 54.1 Å². The molecule has 1 atom stereocenters. The van der Waals surface area contributed by atoms with E-state index in [1.165, 1.54) is 37.1 Å². The van der Waals surface area contributed by atoms with E-state index in [9.17, 15) is 4.79 Å². The van der Waals surface area contributed by atoms with Crippen molar-refractivity contribution >= 4 is 17.5 Å². The summed E-state index contributed by atoms with van der Waals surface area (Å²) in [5.74, 6) is 0.224. The van der Waals surface area contributed by atoms with Crippen LogP contribution in [0.1, 0.15) is 42.4 Å². The van der Waals surface area contributed by atoms with E-state index < -0.39 is 0 Å². The van der Waals surface area contributed by atoms with Crippen LogP contribution in [0.5, 0.6) is 0 Å². The van der Waals surface area contributed by atoms with E-state index in [0.29, 0.717) is 6.54 Å². The second kappa shape index (κ2) is 10.4. The summed E-state index contributed by atoms with van der Waals surface area (Å²) in [4.78, 5) is 17.8. The van der Waals surface area contributed by atoms with Crippen LogP contribution in [-0.2, 0) is 24.4 Å². The van der Waals surface area contributed by atoms with Crippen LogP contribution in [0.3, 0.4) is 0 Å². The van der Waals surface area contributed by atoms with Gasteiger partial charge in [0.2, 0.25) is 5.91 Å². The zero-order valence-electron chi connectivity index (χ0n) is 17.7. The Kier molecular flexibility index (Phi) is 7.42. The van der Waals surface area contributed by atoms with Gasteiger partial charge < -0.3 is 5.32 Å². The van der Waals surface area contributed by atoms with Crippen molar-refractivity contribution in [2.75, 3.05) is 26.2 Å². The van der Waals surface area contributed by atoms with Crippen molar-refractivity contribution in [2.24, 2.45) is 5.92 Å². The van der Waals surface area contributed by atoms with Gasteiger partial charge in [0.25, 0.3) is 0 Å². The first-order chi connectivity index (χ1) is 14.7. The first-order valence-corrected chi connectivity index (χ1v) is 11.6. The molecule has 1 amide bonds. The standard InChI is InChI=1S/C25H32ClN3O/c26-24-12-4-3-10-22(24)18-29-15-7-11-23(19-29)25(30)27-16-20-8-1-2-9-21(20)17-28-13-5-6-14-28/h1-4,8-10,12,23H,5-7,11,13-19H2,(H,27,30)/t23-/m1/s1. The SMILES string of the molecule is O=C(NCc1ccccc1CN1CCCC1)[C@@H]1CCCN(Cc2ccccc2Cl)C1. The Morgan fingerprint density at radius 2 is 1.50 bits per heavy atom. The maximum absolute atomic E-state index is 12.9. The molecule has 2 aromatic carbocycles. The van der Waals surface area contributed by atoms with Crippen molar-refractivity contribution in [1.82, 2.24) is 15.1 Å². The first kappa shape index (κ1) is 21.4. The van der Waals surface area contributed by atoms with E-state index in [1.54, 1.807) is 0 Å². The van der Waals surface area contributed by atoms with Crippen LogP contribution in [0.15, 0.2) is 48.5 Å². The van der Waals surface area contributed by atoms with Crippen molar-refractivity contribution in [1.29, 1.82) is 0 Å². The van der Waals surface area contributed by atoms with Gasteiger partial charge in [0.1, 0.15) is 0 Å². The number of hydrogen-bond donors (Lipinski definition) is 1. The molecule has 30 heavy (non-hydrogen) atoms. The van der Waals surface area contributed by atoms with E-state index in [4.69, 9.17) is 11.6 Å². The molecule has 2 aromatic rings. The lowest BCUT2D eigenvalue weighted by molar-refractivity contribution is -0.126. The minimum atomic E-state index is 0.0481. The maximum atomic E-state index is 12.9. The van der Waals surface area contributed by atoms with Gasteiger partial charge in [0.05, 0.1) is 5.92 Å². The van der Waals surface area contributed by atoms with Crippen LogP contribution >= 0.6 is 11.6 Å². The van der Waals surface area contributed by atoms with E-state index in [0.717, 1.165) is 49.6 Å². The molecule has 0 aliphatic carbocycles. The summed E-state index contributed by atoms with van der Waals surface area (Å²) >= 11 is 6.33. The van der Waals surface area contributed by atoms with Gasteiger partial charge in [-0.05, 0) is 68.1 Å². The fourth-order valence-electron chi connectivity index (χ4n) is 4.67. The monoisotopic (exact) mass is 425 g/mol. The van der Waals surface area contributed by atoms with Crippen molar-refractivity contribution in [3.8, 4) is 0 Å². The number of benzene rings is 2. The van der Waals surface area contributed by atoms with E-state index in [2.05, 4.69) is 45.4 Å². The number of carbonyl (C=O) groups excluding carboxylic acids is 1. The molecule has 0 saturated carbocycles. The number of likely N-dealkylation sites (tertiary alicyclic amines) is 2. The van der Waals surface area contributed by atoms with Crippen LogP contribution < -0.4 is 5.32 Å². The normalized spacial score (nSPS) is 20.4. The molecule has 2 fully saturated rings. The van der Waals surface area contributed by atoms with E-state index in [1.807, 2.05) is 18.2 Å². The van der Waals surface area contributed by atoms with Gasteiger partial charge >= 0.3 is 0 Å². The lowest BCUT2D eigenvalue weighted by Gasteiger charge is -2.32. The van der Waals surface area contributed by atoms with Crippen molar-refractivity contribution in [2.45, 2.75) is 45.3 Å². The summed E-state index contributed by atoms with van der Waals surface area (Å²) in [5.41, 5.74) is 3.71. The van der Waals surface area contributed by atoms with Gasteiger partial charge in [0, 0.05) is 31.2 Å². The lowest BCUT2D eigenvalue weighted by Crippen LogP contribution is -2.42. The Bertz CT molecular complexity index is 850. The van der Waals surface area contributed by atoms with Gasteiger partial charge in [-0.2, -0.15) is 0 Å². The third kappa shape index (κ3) is 5.63. The zero-order valence-corrected chi connectivity index (χ0v) is 18.4. The topological polar surface area (TPSA) is 35.6 Å². The van der Waals surface area contributed by atoms with E-state index >= 15 is 0 Å². The fraction of sp³-hybridized carbons (Fsp3) is 0.480. The molecule has 0 bridgehead atoms. The molecule has 0 radical (unpaired) electrons. The highest BCUT2D eigenvalue weighted by atomic mass is 35.5. The molecule has 160 valence electrons. The Labute approximate surface area is 185 Å². The Balaban J connectivity index is 1.31. The second-order valence-corrected chi connectivity index (χ2v) is 9.04. The molecular formula is C25H32ClN3O. The highest BCUT2D eigenvalue weighted by molar-refractivity contribution is 6.31. The van der Waals surface area contributed by atoms with Crippen molar-refractivity contribution < 1.29 is 4.79 Å². The Morgan fingerprint density at radius 3 is 2.27 bits per heavy atom. The Morgan fingerprint density at radius 1 is 0.867 bits per heavy atom. The quantitative estimate of drug-likeness (QED) is 0.711. The highest BCUT2D eigenvalue weighted by Crippen LogP contribution is 2.23. The van der Waals surface area contributed by atoms with Gasteiger partial charge in [-0.3, -0.25) is 14.6 Å². The minimum Gasteiger partial charge on any atom is -0.352 e. The Hall–Kier alpha value is -1.88. The van der Waals surface area contributed by atoms with Gasteiger partial charge in [-0.15, -0.1) is 0 Å². The second-order valence-electron chi connectivity index (χ2n) is 8.64. The van der Waals surface area contributed by atoms with Crippen molar-refractivity contribution in [3.05, 3.63) is 70.2 Å². The largest absolute Gasteiger partial charge is 0.352 e. The van der Waals surface area contributed by atoms with Gasteiger partial charge in [0.15, 0.2) is 0 Å². The first-order valence-electron chi connectivity index (χ1n) is 11.2. The van der Waals surface area contributed by atoms with Crippen LogP contribution in [0.4, 0.5) is 0 Å². The molecule has 4 nitrogen and oxygen atoms in total. The molecule has 2 heterocycles. The summed E-state index contributed by atoms with van der Waals surface area (Å²) in [5, 5.41) is 4.02. The smallest absolute Gasteiger partial charge is 0.224 e. The maximum Gasteiger partial charge on any atom is 0.224 e. The van der Waals surface area contributed by atoms with Crippen LogP contribution in [-0.4, -0.2) is 41.9 Å². The van der Waals surface area contributed by atoms with E-state index in [-0.39, 0.29) is 11.8 Å². The van der Waals surface area contributed by atoms with Crippen LogP contribution in [0.2, 0.25) is 5.02 Å². The van der Waals surface area contributed by atoms with Crippen molar-refractivity contribution in [3.63, 3.8) is 0 Å². The highest BCUT2D eigenvalue weighted by Gasteiger charge is 2.26. The lowest BCUT2D eigenvalue weighted by atomic mass is 9.96. The fourth-order valence-corrected chi connectivity index (χ4v) is 4.87. The predicted octanol–water partition coefficient (Wildman–Crippen LogP) is 4.46. The molecule has 2 aliphatic heterocycles. The average molecular weight is 426 g/mol. The zero-order chi connectivity index (χ0) is 20.8. The molecular weight excluding hydrogens is 394 g/mol. The molecule has 2 aliphatic rings. The summed E-state index contributed by atoms with van der Waals surface area (Å²) in [6.07, 6.45) is 4.60. The number of hydrogen-bond acceptors (Lipinski definition) is 3. The number of nitrogens with zero attached hydrogens (tertiary/aromatic N) is 2. The summed E-state index contributed by atoms with van der Waals surface area (Å²) < 4.78 is 0. The van der Waals surface area contributed by atoms with Gasteiger partial charge in [-0.25, -0.2) is 0 Å². The average Bonchev–Trinajstić information content (AvgIpc) is 3.28. The molecule has 1 N–H and O–H groups in total. The molecule has 4 rings (SSSR count). The minimum absolute atomic E-state index is 0.0481. The predicted molar refractivity (Wildman–Crippen MR) is 122 cm³/mol. The summed E-state index contributed by atoms with van der Waals surface area (Å²) in [7, 11) is 0.